The minimum Gasteiger partial charge on any atom is -0.493 e. The molecule has 2 aliphatic rings. The predicted octanol–water partition coefficient (Wildman–Crippen LogP) is 2.01. The third-order valence-electron chi connectivity index (χ3n) is 4.03. The van der Waals surface area contributed by atoms with Crippen molar-refractivity contribution < 1.29 is 14.3 Å². The fraction of sp³-hybridized carbons (Fsp3) is 0.467. The molecular formula is C15H17BrN2O3. The summed E-state index contributed by atoms with van der Waals surface area (Å²) in [7, 11) is 1.54. The van der Waals surface area contributed by atoms with E-state index in [9.17, 15) is 9.59 Å². The molecule has 6 heteroatoms. The lowest BCUT2D eigenvalue weighted by Crippen LogP contribution is -2.39. The third kappa shape index (κ3) is 2.82. The second kappa shape index (κ2) is 5.77. The van der Waals surface area contributed by atoms with Crippen LogP contribution in [0.4, 0.5) is 0 Å². The van der Waals surface area contributed by atoms with E-state index in [1.54, 1.807) is 0 Å². The van der Waals surface area contributed by atoms with Crippen LogP contribution in [0.5, 0.6) is 5.75 Å². The highest BCUT2D eigenvalue weighted by Crippen LogP contribution is 2.34. The van der Waals surface area contributed by atoms with Crippen molar-refractivity contribution in [1.29, 1.82) is 0 Å². The number of imide groups is 1. The largest absolute Gasteiger partial charge is 0.493 e. The van der Waals surface area contributed by atoms with Gasteiger partial charge in [-0.2, -0.15) is 0 Å². The molecule has 5 nitrogen and oxygen atoms in total. The quantitative estimate of drug-likeness (QED) is 0.827. The second-order valence-corrected chi connectivity index (χ2v) is 6.36. The van der Waals surface area contributed by atoms with Crippen LogP contribution in [-0.4, -0.2) is 36.4 Å². The summed E-state index contributed by atoms with van der Waals surface area (Å²) < 4.78 is 6.73. The molecule has 2 unspecified atom stereocenters. The van der Waals surface area contributed by atoms with Gasteiger partial charge in [-0.05, 0) is 25.0 Å². The van der Waals surface area contributed by atoms with Crippen molar-refractivity contribution in [3.8, 4) is 5.75 Å². The molecule has 0 radical (unpaired) electrons. The first-order valence-corrected chi connectivity index (χ1v) is 7.84. The molecule has 1 saturated heterocycles. The molecule has 2 heterocycles. The van der Waals surface area contributed by atoms with Gasteiger partial charge in [-0.25, -0.2) is 0 Å². The number of likely N-dealkylation sites (N-methyl/N-ethyl adjacent to an activating group) is 1. The number of hydrogen-bond acceptors (Lipinski definition) is 4. The lowest BCUT2D eigenvalue weighted by molar-refractivity contribution is -0.137. The number of likely N-dealkylation sites (tertiary alicyclic amines) is 1. The van der Waals surface area contributed by atoms with Crippen molar-refractivity contribution in [3.63, 3.8) is 0 Å². The minimum absolute atomic E-state index is 0.0313. The molecule has 21 heavy (non-hydrogen) atoms. The molecule has 3 rings (SSSR count). The minimum atomic E-state index is -0.429. The highest BCUT2D eigenvalue weighted by Gasteiger charge is 2.37. The molecule has 0 aromatic heterocycles. The van der Waals surface area contributed by atoms with Crippen molar-refractivity contribution in [2.75, 3.05) is 13.7 Å². The van der Waals surface area contributed by atoms with E-state index in [1.807, 2.05) is 18.2 Å². The Morgan fingerprint density at radius 1 is 1.33 bits per heavy atom. The van der Waals surface area contributed by atoms with Gasteiger partial charge in [0.2, 0.25) is 11.8 Å². The Bertz CT molecular complexity index is 590. The first kappa shape index (κ1) is 14.5. The average molecular weight is 353 g/mol. The van der Waals surface area contributed by atoms with Gasteiger partial charge in [0.25, 0.3) is 0 Å². The van der Waals surface area contributed by atoms with E-state index in [-0.39, 0.29) is 24.3 Å². The van der Waals surface area contributed by atoms with Gasteiger partial charge in [0.15, 0.2) is 0 Å². The zero-order chi connectivity index (χ0) is 15.0. The Kier molecular flexibility index (Phi) is 3.99. The number of benzene rings is 1. The molecule has 1 aromatic carbocycles. The van der Waals surface area contributed by atoms with Crippen LogP contribution < -0.4 is 10.1 Å². The molecule has 0 saturated carbocycles. The summed E-state index contributed by atoms with van der Waals surface area (Å²) in [6.45, 7) is 0.666. The number of ether oxygens (including phenoxy) is 1. The number of amides is 2. The first-order valence-electron chi connectivity index (χ1n) is 7.05. The van der Waals surface area contributed by atoms with Gasteiger partial charge >= 0.3 is 0 Å². The SMILES string of the molecule is CN1C(=O)CC(NC2CCCOc3cc(Br)ccc32)C1=O. The summed E-state index contributed by atoms with van der Waals surface area (Å²) in [4.78, 5) is 24.9. The van der Waals surface area contributed by atoms with Gasteiger partial charge in [0, 0.05) is 23.1 Å². The Hall–Kier alpha value is -1.40. The maximum Gasteiger partial charge on any atom is 0.246 e. The Morgan fingerprint density at radius 2 is 2.14 bits per heavy atom. The van der Waals surface area contributed by atoms with Gasteiger partial charge < -0.3 is 4.74 Å². The smallest absolute Gasteiger partial charge is 0.246 e. The van der Waals surface area contributed by atoms with E-state index < -0.39 is 6.04 Å². The Morgan fingerprint density at radius 3 is 2.86 bits per heavy atom. The van der Waals surface area contributed by atoms with E-state index >= 15 is 0 Å². The number of fused-ring (bicyclic) bond motifs is 1. The average Bonchev–Trinajstić information content (AvgIpc) is 2.64. The summed E-state index contributed by atoms with van der Waals surface area (Å²) >= 11 is 3.44. The molecule has 1 fully saturated rings. The molecule has 0 bridgehead atoms. The lowest BCUT2D eigenvalue weighted by Gasteiger charge is -2.21. The van der Waals surface area contributed by atoms with Crippen LogP contribution >= 0.6 is 15.9 Å². The molecule has 0 aliphatic carbocycles. The number of carbonyl (C=O) groups excluding carboxylic acids is 2. The molecule has 1 aromatic rings. The Balaban J connectivity index is 1.83. The number of hydrogen-bond donors (Lipinski definition) is 1. The maximum absolute atomic E-state index is 12.0. The topological polar surface area (TPSA) is 58.6 Å². The van der Waals surface area contributed by atoms with Crippen LogP contribution in [-0.2, 0) is 9.59 Å². The normalized spacial score (nSPS) is 25.5. The third-order valence-corrected chi connectivity index (χ3v) is 4.52. The maximum atomic E-state index is 12.0. The van der Waals surface area contributed by atoms with E-state index in [0.717, 1.165) is 28.6 Å². The molecule has 0 spiro atoms. The zero-order valence-corrected chi connectivity index (χ0v) is 13.4. The summed E-state index contributed by atoms with van der Waals surface area (Å²) in [5.41, 5.74) is 1.05. The molecule has 2 amide bonds. The van der Waals surface area contributed by atoms with Gasteiger partial charge in [0.05, 0.1) is 19.1 Å². The fourth-order valence-electron chi connectivity index (χ4n) is 2.85. The summed E-state index contributed by atoms with van der Waals surface area (Å²) in [5, 5.41) is 3.34. The Labute approximate surface area is 131 Å². The van der Waals surface area contributed by atoms with Crippen molar-refractivity contribution in [3.05, 3.63) is 28.2 Å². The standard InChI is InChI=1S/C15H17BrN2O3/c1-18-14(19)8-12(15(18)20)17-11-3-2-6-21-13-7-9(16)4-5-10(11)13/h4-5,7,11-12,17H,2-3,6,8H2,1H3. The van der Waals surface area contributed by atoms with Crippen LogP contribution in [0.25, 0.3) is 0 Å². The van der Waals surface area contributed by atoms with Gasteiger partial charge in [-0.1, -0.05) is 22.0 Å². The predicted molar refractivity (Wildman–Crippen MR) is 80.9 cm³/mol. The number of rotatable bonds is 2. The van der Waals surface area contributed by atoms with Gasteiger partial charge in [-0.15, -0.1) is 0 Å². The number of halogens is 1. The van der Waals surface area contributed by atoms with Crippen molar-refractivity contribution >= 4 is 27.7 Å². The van der Waals surface area contributed by atoms with E-state index in [2.05, 4.69) is 21.2 Å². The van der Waals surface area contributed by atoms with Crippen LogP contribution in [0.3, 0.4) is 0 Å². The van der Waals surface area contributed by atoms with E-state index in [1.165, 1.54) is 11.9 Å². The zero-order valence-electron chi connectivity index (χ0n) is 11.8. The van der Waals surface area contributed by atoms with Crippen LogP contribution in [0.2, 0.25) is 0 Å². The molecule has 2 aliphatic heterocycles. The summed E-state index contributed by atoms with van der Waals surface area (Å²) in [6.07, 6.45) is 2.03. The number of nitrogens with one attached hydrogen (secondary N) is 1. The lowest BCUT2D eigenvalue weighted by atomic mass is 10.0. The molecular weight excluding hydrogens is 336 g/mol. The first-order chi connectivity index (χ1) is 10.1. The summed E-state index contributed by atoms with van der Waals surface area (Å²) in [5.74, 6) is 0.562. The summed E-state index contributed by atoms with van der Waals surface area (Å²) in [6, 6.07) is 5.53. The highest BCUT2D eigenvalue weighted by molar-refractivity contribution is 9.10. The van der Waals surface area contributed by atoms with E-state index in [0.29, 0.717) is 6.61 Å². The van der Waals surface area contributed by atoms with E-state index in [4.69, 9.17) is 4.74 Å². The fourth-order valence-corrected chi connectivity index (χ4v) is 3.19. The number of carbonyl (C=O) groups is 2. The van der Waals surface area contributed by atoms with Crippen LogP contribution in [0.1, 0.15) is 30.9 Å². The van der Waals surface area contributed by atoms with Gasteiger partial charge in [0.1, 0.15) is 5.75 Å². The highest BCUT2D eigenvalue weighted by atomic mass is 79.9. The van der Waals surface area contributed by atoms with Crippen LogP contribution in [0.15, 0.2) is 22.7 Å². The van der Waals surface area contributed by atoms with Gasteiger partial charge in [-0.3, -0.25) is 19.8 Å². The molecule has 1 N–H and O–H groups in total. The second-order valence-electron chi connectivity index (χ2n) is 5.44. The number of nitrogens with zero attached hydrogens (tertiary/aromatic N) is 1. The van der Waals surface area contributed by atoms with Crippen LogP contribution in [0, 0.1) is 0 Å². The van der Waals surface area contributed by atoms with Crippen molar-refractivity contribution in [1.82, 2.24) is 10.2 Å². The molecule has 2 atom stereocenters. The monoisotopic (exact) mass is 352 g/mol. The van der Waals surface area contributed by atoms with Crippen molar-refractivity contribution in [2.24, 2.45) is 0 Å². The molecule has 112 valence electrons. The van der Waals surface area contributed by atoms with Crippen molar-refractivity contribution in [2.45, 2.75) is 31.3 Å².